The van der Waals surface area contributed by atoms with Crippen LogP contribution >= 0.6 is 0 Å². The molecule has 0 spiro atoms. The third-order valence-corrected chi connectivity index (χ3v) is 2.62. The molecule has 0 aliphatic heterocycles. The number of nitrogen functional groups attached to an aromatic ring is 1. The van der Waals surface area contributed by atoms with Crippen LogP contribution in [0.4, 0.5) is 16.4 Å². The minimum absolute atomic E-state index is 0.325. The summed E-state index contributed by atoms with van der Waals surface area (Å²) in [5, 5.41) is 19.0. The first kappa shape index (κ1) is 17.6. The van der Waals surface area contributed by atoms with Crippen molar-refractivity contribution in [3.63, 3.8) is 0 Å². The number of rotatable bonds is 6. The first-order valence-electron chi connectivity index (χ1n) is 7.25. The van der Waals surface area contributed by atoms with Crippen molar-refractivity contribution in [1.29, 1.82) is 5.26 Å². The lowest BCUT2D eigenvalue weighted by atomic mass is 10.2. The number of anilines is 2. The predicted molar refractivity (Wildman–Crippen MR) is 84.4 cm³/mol. The van der Waals surface area contributed by atoms with E-state index in [4.69, 9.17) is 15.7 Å². The highest BCUT2D eigenvalue weighted by Crippen LogP contribution is 2.20. The summed E-state index contributed by atoms with van der Waals surface area (Å²) in [5.41, 5.74) is 5.67. The Morgan fingerprint density at radius 3 is 2.68 bits per heavy atom. The molecule has 22 heavy (non-hydrogen) atoms. The number of ether oxygens (including phenoxy) is 1. The van der Waals surface area contributed by atoms with Crippen LogP contribution in [0.5, 0.6) is 0 Å². The number of hydrogen-bond acceptors (Lipinski definition) is 6. The van der Waals surface area contributed by atoms with E-state index in [-0.39, 0.29) is 0 Å². The molecular formula is C14H24N6O2. The molecule has 0 aromatic carbocycles. The molecule has 1 aromatic rings. The van der Waals surface area contributed by atoms with Crippen LogP contribution in [0, 0.1) is 11.3 Å². The smallest absolute Gasteiger partial charge is 0.407 e. The van der Waals surface area contributed by atoms with Gasteiger partial charge in [0.1, 0.15) is 23.1 Å². The number of carbonyl (C=O) groups excluding carboxylic acids is 1. The van der Waals surface area contributed by atoms with Crippen LogP contribution in [0.3, 0.4) is 0 Å². The zero-order valence-corrected chi connectivity index (χ0v) is 13.6. The minimum atomic E-state index is -0.529. The fraction of sp³-hybridized carbons (Fsp3) is 0.643. The van der Waals surface area contributed by atoms with Crippen LogP contribution in [0.15, 0.2) is 0 Å². The van der Waals surface area contributed by atoms with Crippen molar-refractivity contribution < 1.29 is 9.53 Å². The molecule has 0 saturated heterocycles. The molecule has 1 amide bonds. The minimum Gasteiger partial charge on any atom is -0.444 e. The van der Waals surface area contributed by atoms with Crippen molar-refractivity contribution in [3.05, 3.63) is 5.56 Å². The maximum absolute atomic E-state index is 11.5. The molecule has 0 atom stereocenters. The van der Waals surface area contributed by atoms with Crippen LogP contribution in [-0.2, 0) is 11.3 Å². The predicted octanol–water partition coefficient (Wildman–Crippen LogP) is 1.68. The van der Waals surface area contributed by atoms with E-state index in [0.29, 0.717) is 36.8 Å². The standard InChI is InChI=1S/C14H24N6O2/c1-5-8-20-11(16)10(9-15)12(19-20)17-6-7-18-13(21)22-14(2,3)4/h5-8,16H2,1-4H3,(H,17,19)(H,18,21). The summed E-state index contributed by atoms with van der Waals surface area (Å²) in [5.74, 6) is 0.784. The number of carbonyl (C=O) groups is 1. The largest absolute Gasteiger partial charge is 0.444 e. The molecule has 0 aliphatic carbocycles. The number of aromatic nitrogens is 2. The molecule has 122 valence electrons. The summed E-state index contributed by atoms with van der Waals surface area (Å²) in [6.45, 7) is 8.81. The number of alkyl carbamates (subject to hydrolysis) is 1. The Balaban J connectivity index is 2.50. The van der Waals surface area contributed by atoms with Gasteiger partial charge in [-0.05, 0) is 27.2 Å². The maximum Gasteiger partial charge on any atom is 0.407 e. The van der Waals surface area contributed by atoms with Gasteiger partial charge < -0.3 is 21.1 Å². The molecule has 0 bridgehead atoms. The highest BCUT2D eigenvalue weighted by atomic mass is 16.6. The van der Waals surface area contributed by atoms with Gasteiger partial charge in [0.15, 0.2) is 5.82 Å². The Morgan fingerprint density at radius 1 is 1.45 bits per heavy atom. The van der Waals surface area contributed by atoms with E-state index in [0.717, 1.165) is 6.42 Å². The molecular weight excluding hydrogens is 284 g/mol. The van der Waals surface area contributed by atoms with Crippen LogP contribution in [-0.4, -0.2) is 34.6 Å². The van der Waals surface area contributed by atoms with Crippen LogP contribution < -0.4 is 16.4 Å². The van der Waals surface area contributed by atoms with Gasteiger partial charge in [-0.2, -0.15) is 10.4 Å². The van der Waals surface area contributed by atoms with Gasteiger partial charge in [0.2, 0.25) is 0 Å². The number of nitrogens with two attached hydrogens (primary N) is 1. The van der Waals surface area contributed by atoms with Crippen LogP contribution in [0.25, 0.3) is 0 Å². The average Bonchev–Trinajstić information content (AvgIpc) is 2.69. The van der Waals surface area contributed by atoms with Gasteiger partial charge in [-0.25, -0.2) is 9.48 Å². The van der Waals surface area contributed by atoms with Gasteiger partial charge in [-0.3, -0.25) is 0 Å². The van der Waals surface area contributed by atoms with Crippen molar-refractivity contribution in [2.24, 2.45) is 0 Å². The Morgan fingerprint density at radius 2 is 2.14 bits per heavy atom. The molecule has 8 nitrogen and oxygen atoms in total. The molecule has 0 aliphatic rings. The maximum atomic E-state index is 11.5. The van der Waals surface area contributed by atoms with Crippen molar-refractivity contribution in [3.8, 4) is 6.07 Å². The van der Waals surface area contributed by atoms with E-state index < -0.39 is 11.7 Å². The Kier molecular flexibility index (Phi) is 6.04. The fourth-order valence-electron chi connectivity index (χ4n) is 1.75. The van der Waals surface area contributed by atoms with Gasteiger partial charge >= 0.3 is 6.09 Å². The van der Waals surface area contributed by atoms with Crippen molar-refractivity contribution in [2.75, 3.05) is 24.1 Å². The Hall–Kier alpha value is -2.43. The summed E-state index contributed by atoms with van der Waals surface area (Å²) < 4.78 is 6.72. The quantitative estimate of drug-likeness (QED) is 0.688. The lowest BCUT2D eigenvalue weighted by molar-refractivity contribution is 0.0530. The highest BCUT2D eigenvalue weighted by molar-refractivity contribution is 5.68. The van der Waals surface area contributed by atoms with E-state index >= 15 is 0 Å². The zero-order chi connectivity index (χ0) is 16.8. The van der Waals surface area contributed by atoms with Crippen LogP contribution in [0.2, 0.25) is 0 Å². The summed E-state index contributed by atoms with van der Waals surface area (Å²) in [7, 11) is 0. The molecule has 0 saturated carbocycles. The Labute approximate surface area is 130 Å². The van der Waals surface area contributed by atoms with E-state index in [1.807, 2.05) is 13.0 Å². The third-order valence-electron chi connectivity index (χ3n) is 2.62. The number of nitrogens with zero attached hydrogens (tertiary/aromatic N) is 3. The first-order valence-corrected chi connectivity index (χ1v) is 7.25. The topological polar surface area (TPSA) is 118 Å². The van der Waals surface area contributed by atoms with Gasteiger partial charge in [0.05, 0.1) is 0 Å². The summed E-state index contributed by atoms with van der Waals surface area (Å²) in [4.78, 5) is 11.5. The number of amides is 1. The molecule has 1 rings (SSSR count). The molecule has 1 heterocycles. The number of aryl methyl sites for hydroxylation is 1. The number of nitrogens with one attached hydrogen (secondary N) is 2. The second-order valence-corrected chi connectivity index (χ2v) is 5.80. The van der Waals surface area contributed by atoms with Crippen molar-refractivity contribution in [1.82, 2.24) is 15.1 Å². The summed E-state index contributed by atoms with van der Waals surface area (Å²) in [6, 6.07) is 2.04. The lowest BCUT2D eigenvalue weighted by Crippen LogP contribution is -2.35. The monoisotopic (exact) mass is 308 g/mol. The van der Waals surface area contributed by atoms with Crippen molar-refractivity contribution in [2.45, 2.75) is 46.3 Å². The molecule has 1 aromatic heterocycles. The van der Waals surface area contributed by atoms with Gasteiger partial charge in [-0.15, -0.1) is 0 Å². The summed E-state index contributed by atoms with van der Waals surface area (Å²) >= 11 is 0. The number of hydrogen-bond donors (Lipinski definition) is 3. The first-order chi connectivity index (χ1) is 10.3. The average molecular weight is 308 g/mol. The van der Waals surface area contributed by atoms with Crippen molar-refractivity contribution >= 4 is 17.7 Å². The second kappa shape index (κ2) is 7.54. The highest BCUT2D eigenvalue weighted by Gasteiger charge is 2.16. The SMILES string of the molecule is CCCn1nc(NCCNC(=O)OC(C)(C)C)c(C#N)c1N. The Bertz CT molecular complexity index is 553. The van der Waals surface area contributed by atoms with E-state index in [1.165, 1.54) is 0 Å². The molecule has 0 fully saturated rings. The fourth-order valence-corrected chi connectivity index (χ4v) is 1.75. The second-order valence-electron chi connectivity index (χ2n) is 5.80. The molecule has 0 radical (unpaired) electrons. The van der Waals surface area contributed by atoms with E-state index in [9.17, 15) is 4.79 Å². The zero-order valence-electron chi connectivity index (χ0n) is 13.6. The molecule has 0 unspecified atom stereocenters. The van der Waals surface area contributed by atoms with E-state index in [2.05, 4.69) is 15.7 Å². The third kappa shape index (κ3) is 5.16. The number of nitriles is 1. The normalized spacial score (nSPS) is 10.9. The van der Waals surface area contributed by atoms with Gasteiger partial charge in [-0.1, -0.05) is 6.92 Å². The van der Waals surface area contributed by atoms with Gasteiger partial charge in [0.25, 0.3) is 0 Å². The van der Waals surface area contributed by atoms with Crippen LogP contribution in [0.1, 0.15) is 39.7 Å². The van der Waals surface area contributed by atoms with E-state index in [1.54, 1.807) is 25.5 Å². The van der Waals surface area contributed by atoms with Gasteiger partial charge in [0, 0.05) is 19.6 Å². The molecule has 4 N–H and O–H groups in total. The molecule has 8 heteroatoms. The lowest BCUT2D eigenvalue weighted by Gasteiger charge is -2.19. The summed E-state index contributed by atoms with van der Waals surface area (Å²) in [6.07, 6.45) is 0.391.